The van der Waals surface area contributed by atoms with E-state index in [-0.39, 0.29) is 31.0 Å². The van der Waals surface area contributed by atoms with E-state index < -0.39 is 21.5 Å². The van der Waals surface area contributed by atoms with Crippen LogP contribution in [-0.2, 0) is 19.6 Å². The van der Waals surface area contributed by atoms with Crippen LogP contribution in [0.15, 0.2) is 29.2 Å². The number of carbonyl (C=O) groups is 1. The van der Waals surface area contributed by atoms with Crippen molar-refractivity contribution >= 4 is 38.6 Å². The van der Waals surface area contributed by atoms with Crippen LogP contribution >= 0.6 is 22.6 Å². The lowest BCUT2D eigenvalue weighted by Crippen LogP contribution is -2.57. The smallest absolute Gasteiger partial charge is 0.325 e. The van der Waals surface area contributed by atoms with Gasteiger partial charge >= 0.3 is 5.97 Å². The molecule has 6 nitrogen and oxygen atoms in total. The van der Waals surface area contributed by atoms with Gasteiger partial charge in [-0.3, -0.25) is 4.79 Å². The number of halogens is 1. The Kier molecular flexibility index (Phi) is 4.67. The zero-order chi connectivity index (χ0) is 14.8. The molecule has 1 aromatic rings. The van der Waals surface area contributed by atoms with Crippen LogP contribution in [0.4, 0.5) is 0 Å². The minimum atomic E-state index is -3.87. The van der Waals surface area contributed by atoms with Crippen LogP contribution in [0.3, 0.4) is 0 Å². The van der Waals surface area contributed by atoms with E-state index in [4.69, 9.17) is 4.74 Å². The molecule has 0 saturated carbocycles. The van der Waals surface area contributed by atoms with Gasteiger partial charge < -0.3 is 9.84 Å². The third kappa shape index (κ3) is 3.30. The zero-order valence-corrected chi connectivity index (χ0v) is 13.5. The Bertz CT molecular complexity index is 593. The van der Waals surface area contributed by atoms with Gasteiger partial charge in [-0.05, 0) is 46.9 Å². The van der Waals surface area contributed by atoms with Crippen LogP contribution in [0, 0.1) is 3.57 Å². The van der Waals surface area contributed by atoms with Crippen LogP contribution in [0.2, 0.25) is 0 Å². The van der Waals surface area contributed by atoms with Crippen molar-refractivity contribution in [3.63, 3.8) is 0 Å². The molecule has 1 saturated heterocycles. The maximum Gasteiger partial charge on any atom is 0.325 e. The number of hydrogen-bond donors (Lipinski definition) is 2. The molecule has 8 heteroatoms. The molecule has 0 unspecified atom stereocenters. The average Bonchev–Trinajstić information content (AvgIpc) is 2.39. The minimum absolute atomic E-state index is 0.0602. The molecule has 0 spiro atoms. The van der Waals surface area contributed by atoms with Crippen molar-refractivity contribution in [2.24, 2.45) is 0 Å². The second kappa shape index (κ2) is 5.96. The van der Waals surface area contributed by atoms with Gasteiger partial charge in [0.05, 0.1) is 4.90 Å². The summed E-state index contributed by atoms with van der Waals surface area (Å²) >= 11 is 2.07. The van der Waals surface area contributed by atoms with E-state index in [9.17, 15) is 18.3 Å². The molecule has 0 radical (unpaired) electrons. The van der Waals surface area contributed by atoms with Gasteiger partial charge in [-0.1, -0.05) is 0 Å². The highest BCUT2D eigenvalue weighted by atomic mass is 127. The molecule has 0 amide bonds. The van der Waals surface area contributed by atoms with Crippen LogP contribution in [-0.4, -0.2) is 38.2 Å². The molecule has 1 aliphatic heterocycles. The van der Waals surface area contributed by atoms with Crippen LogP contribution in [0.1, 0.15) is 12.8 Å². The highest BCUT2D eigenvalue weighted by molar-refractivity contribution is 14.1. The van der Waals surface area contributed by atoms with Crippen molar-refractivity contribution in [1.82, 2.24) is 4.72 Å². The first kappa shape index (κ1) is 15.7. The molecular formula is C12H14INO5S. The maximum atomic E-state index is 12.3. The molecular weight excluding hydrogens is 397 g/mol. The van der Waals surface area contributed by atoms with E-state index in [0.29, 0.717) is 0 Å². The molecule has 1 fully saturated rings. The average molecular weight is 411 g/mol. The number of nitrogens with one attached hydrogen (secondary N) is 1. The van der Waals surface area contributed by atoms with Gasteiger partial charge in [0, 0.05) is 29.6 Å². The van der Waals surface area contributed by atoms with E-state index in [0.717, 1.165) is 3.57 Å². The summed E-state index contributed by atoms with van der Waals surface area (Å²) in [6, 6.07) is 6.23. The number of carboxylic acid groups (broad SMARTS) is 1. The van der Waals surface area contributed by atoms with Gasteiger partial charge in [-0.25, -0.2) is 8.42 Å². The molecule has 1 aliphatic rings. The fraction of sp³-hybridized carbons (Fsp3) is 0.417. The second-order valence-electron chi connectivity index (χ2n) is 4.56. The number of carboxylic acids is 1. The normalized spacial score (nSPS) is 18.6. The summed E-state index contributed by atoms with van der Waals surface area (Å²) < 4.78 is 33.0. The summed E-state index contributed by atoms with van der Waals surface area (Å²) in [7, 11) is -3.87. The summed E-state index contributed by atoms with van der Waals surface area (Å²) in [4.78, 5) is 11.5. The standard InChI is InChI=1S/C12H14INO5S/c13-9-1-3-10(4-2-9)20(17,18)14-12(11(15)16)5-7-19-8-6-12/h1-4,14H,5-8H2,(H,15,16). The van der Waals surface area contributed by atoms with Gasteiger partial charge in [0.1, 0.15) is 5.54 Å². The van der Waals surface area contributed by atoms with Crippen LogP contribution in [0.25, 0.3) is 0 Å². The fourth-order valence-corrected chi connectivity index (χ4v) is 3.79. The largest absolute Gasteiger partial charge is 0.480 e. The number of ether oxygens (including phenoxy) is 1. The number of rotatable bonds is 4. The van der Waals surface area contributed by atoms with Crippen molar-refractivity contribution in [1.29, 1.82) is 0 Å². The van der Waals surface area contributed by atoms with Gasteiger partial charge in [0.2, 0.25) is 10.0 Å². The third-order valence-electron chi connectivity index (χ3n) is 3.21. The van der Waals surface area contributed by atoms with E-state index in [2.05, 4.69) is 27.3 Å². The lowest BCUT2D eigenvalue weighted by atomic mass is 9.92. The van der Waals surface area contributed by atoms with Crippen molar-refractivity contribution < 1.29 is 23.1 Å². The van der Waals surface area contributed by atoms with Gasteiger partial charge in [0.15, 0.2) is 0 Å². The highest BCUT2D eigenvalue weighted by Gasteiger charge is 2.43. The van der Waals surface area contributed by atoms with Gasteiger partial charge in [0.25, 0.3) is 0 Å². The molecule has 2 rings (SSSR count). The molecule has 1 aromatic carbocycles. The first-order valence-corrected chi connectivity index (χ1v) is 8.53. The third-order valence-corrected chi connectivity index (χ3v) is 5.48. The zero-order valence-electron chi connectivity index (χ0n) is 10.5. The van der Waals surface area contributed by atoms with Crippen molar-refractivity contribution in [2.75, 3.05) is 13.2 Å². The first-order valence-electron chi connectivity index (χ1n) is 5.96. The SMILES string of the molecule is O=C(O)C1(NS(=O)(=O)c2ccc(I)cc2)CCOCC1. The molecule has 0 aliphatic carbocycles. The van der Waals surface area contributed by atoms with Gasteiger partial charge in [-0.2, -0.15) is 4.72 Å². The molecule has 1 heterocycles. The Morgan fingerprint density at radius 3 is 2.30 bits per heavy atom. The summed E-state index contributed by atoms with van der Waals surface area (Å²) in [6.07, 6.45) is 0.234. The summed E-state index contributed by atoms with van der Waals surface area (Å²) in [5.74, 6) is -1.17. The number of hydrogen-bond acceptors (Lipinski definition) is 4. The predicted molar refractivity (Wildman–Crippen MR) is 79.9 cm³/mol. The summed E-state index contributed by atoms with van der Waals surface area (Å²) in [5, 5.41) is 9.36. The number of benzene rings is 1. The van der Waals surface area contributed by atoms with Crippen molar-refractivity contribution in [2.45, 2.75) is 23.3 Å². The maximum absolute atomic E-state index is 12.3. The Labute approximate surface area is 130 Å². The van der Waals surface area contributed by atoms with E-state index in [1.165, 1.54) is 12.1 Å². The lowest BCUT2D eigenvalue weighted by molar-refractivity contribution is -0.147. The summed E-state index contributed by atoms with van der Waals surface area (Å²) in [5.41, 5.74) is -1.49. The van der Waals surface area contributed by atoms with Crippen LogP contribution < -0.4 is 4.72 Å². The lowest BCUT2D eigenvalue weighted by Gasteiger charge is -2.33. The molecule has 20 heavy (non-hydrogen) atoms. The van der Waals surface area contributed by atoms with Gasteiger partial charge in [-0.15, -0.1) is 0 Å². The van der Waals surface area contributed by atoms with E-state index in [1.54, 1.807) is 12.1 Å². The quantitative estimate of drug-likeness (QED) is 0.727. The predicted octanol–water partition coefficient (Wildman–Crippen LogP) is 1.20. The molecule has 110 valence electrons. The molecule has 2 N–H and O–H groups in total. The Balaban J connectivity index is 2.30. The number of aliphatic carboxylic acids is 1. The Hall–Kier alpha value is -0.710. The van der Waals surface area contributed by atoms with E-state index in [1.807, 2.05) is 0 Å². The molecule has 0 atom stereocenters. The topological polar surface area (TPSA) is 92.7 Å². The minimum Gasteiger partial charge on any atom is -0.480 e. The fourth-order valence-electron chi connectivity index (χ4n) is 2.01. The van der Waals surface area contributed by atoms with E-state index >= 15 is 0 Å². The van der Waals surface area contributed by atoms with Crippen LogP contribution in [0.5, 0.6) is 0 Å². The molecule has 0 aromatic heterocycles. The van der Waals surface area contributed by atoms with Crippen molar-refractivity contribution in [3.8, 4) is 0 Å². The summed E-state index contributed by atoms with van der Waals surface area (Å²) in [6.45, 7) is 0.447. The number of sulfonamides is 1. The Morgan fingerprint density at radius 1 is 1.25 bits per heavy atom. The second-order valence-corrected chi connectivity index (χ2v) is 7.49. The monoisotopic (exact) mass is 411 g/mol. The van der Waals surface area contributed by atoms with Crippen molar-refractivity contribution in [3.05, 3.63) is 27.8 Å². The Morgan fingerprint density at radius 2 is 1.80 bits per heavy atom. The first-order chi connectivity index (χ1) is 9.36. The highest BCUT2D eigenvalue weighted by Crippen LogP contribution is 2.24. The molecule has 0 bridgehead atoms.